The number of rotatable bonds is 1. The molecule has 0 fully saturated rings. The van der Waals surface area contributed by atoms with Gasteiger partial charge < -0.3 is 4.57 Å². The smallest absolute Gasteiger partial charge is 0.166 e. The molecule has 68 valence electrons. The Bertz CT molecular complexity index is 363. The number of imidazole rings is 1. The fourth-order valence-electron chi connectivity index (χ4n) is 1.60. The molecule has 0 N–H and O–H groups in total. The van der Waals surface area contributed by atoms with Gasteiger partial charge in [0.25, 0.3) is 0 Å². The van der Waals surface area contributed by atoms with Crippen LogP contribution >= 0.6 is 0 Å². The van der Waals surface area contributed by atoms with Crippen LogP contribution < -0.4 is 0 Å². The van der Waals surface area contributed by atoms with Crippen molar-refractivity contribution in [3.63, 3.8) is 0 Å². The summed E-state index contributed by atoms with van der Waals surface area (Å²) < 4.78 is 1.88. The molecule has 0 bridgehead atoms. The number of aryl methyl sites for hydroxylation is 1. The van der Waals surface area contributed by atoms with E-state index in [4.69, 9.17) is 0 Å². The van der Waals surface area contributed by atoms with E-state index >= 15 is 0 Å². The van der Waals surface area contributed by atoms with Gasteiger partial charge in [0.2, 0.25) is 0 Å². The Kier molecular flexibility index (Phi) is 2.00. The minimum absolute atomic E-state index is 0.223. The Morgan fingerprint density at radius 1 is 1.54 bits per heavy atom. The molecular formula is C10H12N2O. The van der Waals surface area contributed by atoms with E-state index in [2.05, 4.69) is 4.98 Å². The molecule has 1 aliphatic carbocycles. The zero-order valence-corrected chi connectivity index (χ0v) is 7.66. The summed E-state index contributed by atoms with van der Waals surface area (Å²) in [4.78, 5) is 15.7. The fourth-order valence-corrected chi connectivity index (χ4v) is 1.60. The van der Waals surface area contributed by atoms with Gasteiger partial charge in [0.05, 0.1) is 5.57 Å². The van der Waals surface area contributed by atoms with Crippen LogP contribution in [0.2, 0.25) is 0 Å². The standard InChI is InChI=1S/C10H12N2O/c1-12-7-6-11-10(12)8-4-2-3-5-9(8)13/h4,6-7H,2-3,5H2,1H3. The molecule has 0 spiro atoms. The first kappa shape index (κ1) is 8.23. The van der Waals surface area contributed by atoms with Crippen LogP contribution in [-0.4, -0.2) is 15.3 Å². The van der Waals surface area contributed by atoms with Gasteiger partial charge in [0.1, 0.15) is 5.82 Å². The van der Waals surface area contributed by atoms with Crippen LogP contribution in [-0.2, 0) is 11.8 Å². The van der Waals surface area contributed by atoms with Crippen molar-refractivity contribution in [3.8, 4) is 0 Å². The Hall–Kier alpha value is -1.38. The highest BCUT2D eigenvalue weighted by molar-refractivity contribution is 6.20. The van der Waals surface area contributed by atoms with Crippen molar-refractivity contribution in [1.82, 2.24) is 9.55 Å². The van der Waals surface area contributed by atoms with Crippen molar-refractivity contribution >= 4 is 11.4 Å². The molecule has 2 rings (SSSR count). The van der Waals surface area contributed by atoms with Gasteiger partial charge in [-0.05, 0) is 12.8 Å². The minimum Gasteiger partial charge on any atom is -0.334 e. The zero-order chi connectivity index (χ0) is 9.26. The van der Waals surface area contributed by atoms with E-state index in [1.165, 1.54) is 0 Å². The number of hydrogen-bond acceptors (Lipinski definition) is 2. The van der Waals surface area contributed by atoms with Gasteiger partial charge in [-0.3, -0.25) is 4.79 Å². The maximum atomic E-state index is 11.5. The largest absolute Gasteiger partial charge is 0.334 e. The van der Waals surface area contributed by atoms with E-state index in [1.807, 2.05) is 23.9 Å². The minimum atomic E-state index is 0.223. The number of nitrogens with zero attached hydrogens (tertiary/aromatic N) is 2. The van der Waals surface area contributed by atoms with Crippen molar-refractivity contribution in [2.24, 2.45) is 7.05 Å². The van der Waals surface area contributed by atoms with Crippen molar-refractivity contribution in [3.05, 3.63) is 24.3 Å². The number of carbonyl (C=O) groups is 1. The van der Waals surface area contributed by atoms with Crippen molar-refractivity contribution in [2.45, 2.75) is 19.3 Å². The number of Topliss-reactive ketones (excluding diaryl/α,β-unsaturated/α-hetero) is 1. The van der Waals surface area contributed by atoms with Crippen LogP contribution in [0.15, 0.2) is 18.5 Å². The van der Waals surface area contributed by atoms with Gasteiger partial charge in [-0.2, -0.15) is 0 Å². The van der Waals surface area contributed by atoms with Crippen LogP contribution in [0, 0.1) is 0 Å². The second-order valence-corrected chi connectivity index (χ2v) is 3.29. The van der Waals surface area contributed by atoms with E-state index in [0.29, 0.717) is 6.42 Å². The first-order valence-corrected chi connectivity index (χ1v) is 4.50. The Morgan fingerprint density at radius 2 is 2.38 bits per heavy atom. The molecule has 0 amide bonds. The molecule has 1 aromatic heterocycles. The van der Waals surface area contributed by atoms with E-state index in [1.54, 1.807) is 6.20 Å². The van der Waals surface area contributed by atoms with E-state index < -0.39 is 0 Å². The van der Waals surface area contributed by atoms with Crippen molar-refractivity contribution in [1.29, 1.82) is 0 Å². The Balaban J connectivity index is 2.40. The number of allylic oxidation sites excluding steroid dienone is 2. The number of hydrogen-bond donors (Lipinski definition) is 0. The summed E-state index contributed by atoms with van der Waals surface area (Å²) in [6, 6.07) is 0. The Morgan fingerprint density at radius 3 is 3.00 bits per heavy atom. The van der Waals surface area contributed by atoms with Crippen LogP contribution in [0.1, 0.15) is 25.1 Å². The van der Waals surface area contributed by atoms with Gasteiger partial charge in [0, 0.05) is 25.9 Å². The predicted octanol–water partition coefficient (Wildman–Crippen LogP) is 1.56. The second kappa shape index (κ2) is 3.17. The van der Waals surface area contributed by atoms with E-state index in [-0.39, 0.29) is 5.78 Å². The summed E-state index contributed by atoms with van der Waals surface area (Å²) >= 11 is 0. The quantitative estimate of drug-likeness (QED) is 0.650. The molecular weight excluding hydrogens is 164 g/mol. The number of ketones is 1. The SMILES string of the molecule is Cn1ccnc1C1=CCCCC1=O. The third-order valence-electron chi connectivity index (χ3n) is 2.32. The van der Waals surface area contributed by atoms with Crippen molar-refractivity contribution in [2.75, 3.05) is 0 Å². The Labute approximate surface area is 77.1 Å². The zero-order valence-electron chi connectivity index (χ0n) is 7.66. The van der Waals surface area contributed by atoms with Gasteiger partial charge in [-0.1, -0.05) is 6.08 Å². The highest BCUT2D eigenvalue weighted by Gasteiger charge is 2.17. The molecule has 0 unspecified atom stereocenters. The lowest BCUT2D eigenvalue weighted by Crippen LogP contribution is -2.09. The molecule has 0 atom stereocenters. The first-order chi connectivity index (χ1) is 6.29. The summed E-state index contributed by atoms with van der Waals surface area (Å²) in [5, 5.41) is 0. The van der Waals surface area contributed by atoms with E-state index in [0.717, 1.165) is 24.2 Å². The summed E-state index contributed by atoms with van der Waals surface area (Å²) in [6.45, 7) is 0. The average Bonchev–Trinajstić information content (AvgIpc) is 2.52. The normalized spacial score (nSPS) is 17.3. The predicted molar refractivity (Wildman–Crippen MR) is 50.0 cm³/mol. The second-order valence-electron chi connectivity index (χ2n) is 3.29. The molecule has 0 aliphatic heterocycles. The molecule has 1 aliphatic rings. The third kappa shape index (κ3) is 1.41. The van der Waals surface area contributed by atoms with Crippen LogP contribution in [0.3, 0.4) is 0 Å². The maximum absolute atomic E-state index is 11.5. The highest BCUT2D eigenvalue weighted by Crippen LogP contribution is 2.21. The van der Waals surface area contributed by atoms with Gasteiger partial charge >= 0.3 is 0 Å². The maximum Gasteiger partial charge on any atom is 0.166 e. The fraction of sp³-hybridized carbons (Fsp3) is 0.400. The molecule has 3 nitrogen and oxygen atoms in total. The summed E-state index contributed by atoms with van der Waals surface area (Å²) in [7, 11) is 1.91. The summed E-state index contributed by atoms with van der Waals surface area (Å²) in [6.07, 6.45) is 8.21. The lowest BCUT2D eigenvalue weighted by molar-refractivity contribution is -0.114. The topological polar surface area (TPSA) is 34.9 Å². The highest BCUT2D eigenvalue weighted by atomic mass is 16.1. The van der Waals surface area contributed by atoms with Crippen LogP contribution in [0.5, 0.6) is 0 Å². The molecule has 0 radical (unpaired) electrons. The summed E-state index contributed by atoms with van der Waals surface area (Å²) in [5.41, 5.74) is 0.791. The average molecular weight is 176 g/mol. The van der Waals surface area contributed by atoms with Gasteiger partial charge in [-0.25, -0.2) is 4.98 Å². The first-order valence-electron chi connectivity index (χ1n) is 4.50. The molecule has 1 aromatic rings. The molecule has 1 heterocycles. The van der Waals surface area contributed by atoms with Gasteiger partial charge in [-0.15, -0.1) is 0 Å². The number of aromatic nitrogens is 2. The van der Waals surface area contributed by atoms with Gasteiger partial charge in [0.15, 0.2) is 5.78 Å². The molecule has 0 saturated carbocycles. The van der Waals surface area contributed by atoms with Crippen molar-refractivity contribution < 1.29 is 4.79 Å². The molecule has 0 saturated heterocycles. The number of carbonyl (C=O) groups excluding carboxylic acids is 1. The molecule has 0 aromatic carbocycles. The van der Waals surface area contributed by atoms with E-state index in [9.17, 15) is 4.79 Å². The van der Waals surface area contributed by atoms with Crippen LogP contribution in [0.25, 0.3) is 5.57 Å². The third-order valence-corrected chi connectivity index (χ3v) is 2.32. The van der Waals surface area contributed by atoms with Crippen LogP contribution in [0.4, 0.5) is 0 Å². The lowest BCUT2D eigenvalue weighted by Gasteiger charge is -2.10. The molecule has 3 heteroatoms. The monoisotopic (exact) mass is 176 g/mol. The summed E-state index contributed by atoms with van der Waals surface area (Å²) in [5.74, 6) is 1.02. The molecule has 13 heavy (non-hydrogen) atoms. The lowest BCUT2D eigenvalue weighted by atomic mass is 9.98.